The van der Waals surface area contributed by atoms with Crippen molar-refractivity contribution in [1.29, 1.82) is 0 Å². The summed E-state index contributed by atoms with van der Waals surface area (Å²) < 4.78 is 10.7. The molecule has 0 saturated carbocycles. The summed E-state index contributed by atoms with van der Waals surface area (Å²) >= 11 is 3.37. The van der Waals surface area contributed by atoms with Gasteiger partial charge in [0, 0.05) is 4.47 Å². The lowest BCUT2D eigenvalue weighted by molar-refractivity contribution is -0.143. The molecule has 0 spiro atoms. The number of aryl methyl sites for hydroxylation is 1. The van der Waals surface area contributed by atoms with Crippen LogP contribution in [0.5, 0.6) is 0 Å². The van der Waals surface area contributed by atoms with Crippen LogP contribution in [0.4, 0.5) is 4.79 Å². The topological polar surface area (TPSA) is 64.6 Å². The Hall–Kier alpha value is -1.56. The number of benzene rings is 1. The van der Waals surface area contributed by atoms with Gasteiger partial charge in [0.1, 0.15) is 5.60 Å². The number of carbonyl (C=O) groups is 2. The summed E-state index contributed by atoms with van der Waals surface area (Å²) in [5.74, 6) is -0.557. The van der Waals surface area contributed by atoms with E-state index in [1.165, 1.54) is 7.11 Å². The lowest BCUT2D eigenvalue weighted by Crippen LogP contribution is -2.38. The van der Waals surface area contributed by atoms with Gasteiger partial charge in [0.25, 0.3) is 0 Å². The van der Waals surface area contributed by atoms with Gasteiger partial charge in [0.05, 0.1) is 7.11 Å². The van der Waals surface area contributed by atoms with Crippen LogP contribution in [0.25, 0.3) is 0 Å². The van der Waals surface area contributed by atoms with Gasteiger partial charge in [0.2, 0.25) is 0 Å². The first-order valence-electron chi connectivity index (χ1n) is 6.47. The molecule has 0 aliphatic rings. The summed E-state index contributed by atoms with van der Waals surface area (Å²) in [7, 11) is 1.27. The van der Waals surface area contributed by atoms with Crippen LogP contribution in [0, 0.1) is 6.92 Å². The third kappa shape index (κ3) is 5.75. The molecule has 0 heterocycles. The maximum atomic E-state index is 11.9. The van der Waals surface area contributed by atoms with Gasteiger partial charge in [-0.05, 0) is 51.0 Å². The van der Waals surface area contributed by atoms with Crippen molar-refractivity contribution in [2.75, 3.05) is 7.11 Å². The Kier molecular flexibility index (Phi) is 5.78. The number of carbonyl (C=O) groups excluding carboxylic acids is 2. The molecule has 0 radical (unpaired) electrons. The van der Waals surface area contributed by atoms with E-state index in [-0.39, 0.29) is 0 Å². The number of halogens is 1. The van der Waals surface area contributed by atoms with Crippen molar-refractivity contribution in [2.45, 2.75) is 39.3 Å². The van der Waals surface area contributed by atoms with Gasteiger partial charge in [-0.1, -0.05) is 22.0 Å². The first kappa shape index (κ1) is 17.5. The molecule has 5 nitrogen and oxygen atoms in total. The number of hydrogen-bond donors (Lipinski definition) is 1. The minimum Gasteiger partial charge on any atom is -0.467 e. The molecule has 1 aromatic rings. The summed E-state index contributed by atoms with van der Waals surface area (Å²) in [6.07, 6.45) is -0.671. The number of amides is 1. The van der Waals surface area contributed by atoms with Gasteiger partial charge in [-0.25, -0.2) is 9.59 Å². The van der Waals surface area contributed by atoms with Crippen LogP contribution in [0.1, 0.15) is 37.9 Å². The van der Waals surface area contributed by atoms with Gasteiger partial charge >= 0.3 is 12.1 Å². The van der Waals surface area contributed by atoms with Crippen molar-refractivity contribution >= 4 is 28.0 Å². The summed E-state index contributed by atoms with van der Waals surface area (Å²) in [4.78, 5) is 23.8. The first-order chi connectivity index (χ1) is 9.62. The van der Waals surface area contributed by atoms with Crippen LogP contribution < -0.4 is 5.32 Å². The van der Waals surface area contributed by atoms with E-state index in [0.29, 0.717) is 5.56 Å². The highest BCUT2D eigenvalue weighted by molar-refractivity contribution is 9.10. The predicted molar refractivity (Wildman–Crippen MR) is 83.0 cm³/mol. The van der Waals surface area contributed by atoms with Gasteiger partial charge in [-0.3, -0.25) is 0 Å². The standard InChI is InChI=1S/C15H20BrNO4/c1-9-6-10(8-11(16)7-9)12(13(18)20-5)17-14(19)21-15(2,3)4/h6-8,12H,1-5H3,(H,17,19). The molecule has 1 amide bonds. The molecule has 0 bridgehead atoms. The van der Waals surface area contributed by atoms with Gasteiger partial charge in [-0.15, -0.1) is 0 Å². The molecular formula is C15H20BrNO4. The average Bonchev–Trinajstić information content (AvgIpc) is 2.31. The van der Waals surface area contributed by atoms with Gasteiger partial charge in [0.15, 0.2) is 6.04 Å². The normalized spacial score (nSPS) is 12.5. The van der Waals surface area contributed by atoms with Crippen LogP contribution in [-0.2, 0) is 14.3 Å². The number of rotatable bonds is 3. The number of esters is 1. The monoisotopic (exact) mass is 357 g/mol. The summed E-state index contributed by atoms with van der Waals surface area (Å²) in [6.45, 7) is 7.16. The maximum Gasteiger partial charge on any atom is 0.408 e. The number of hydrogen-bond acceptors (Lipinski definition) is 4. The number of methoxy groups -OCH3 is 1. The molecule has 0 aliphatic carbocycles. The van der Waals surface area contributed by atoms with Crippen molar-refractivity contribution < 1.29 is 19.1 Å². The summed E-state index contributed by atoms with van der Waals surface area (Å²) in [5, 5.41) is 2.54. The summed E-state index contributed by atoms with van der Waals surface area (Å²) in [5.41, 5.74) is 0.941. The molecule has 21 heavy (non-hydrogen) atoms. The second-order valence-corrected chi connectivity index (χ2v) is 6.58. The lowest BCUT2D eigenvalue weighted by Gasteiger charge is -2.23. The largest absolute Gasteiger partial charge is 0.467 e. The number of alkyl carbamates (subject to hydrolysis) is 1. The molecule has 0 aliphatic heterocycles. The van der Waals surface area contributed by atoms with E-state index in [2.05, 4.69) is 21.2 Å². The molecule has 0 aromatic heterocycles. The Labute approximate surface area is 133 Å². The molecule has 1 unspecified atom stereocenters. The Morgan fingerprint density at radius 3 is 2.33 bits per heavy atom. The minimum absolute atomic E-state index is 0.557. The van der Waals surface area contributed by atoms with E-state index in [9.17, 15) is 9.59 Å². The fourth-order valence-corrected chi connectivity index (χ4v) is 2.38. The molecule has 0 fully saturated rings. The molecule has 0 saturated heterocycles. The molecule has 1 N–H and O–H groups in total. The quantitative estimate of drug-likeness (QED) is 0.840. The van der Waals surface area contributed by atoms with E-state index in [0.717, 1.165) is 10.0 Å². The third-order valence-electron chi connectivity index (χ3n) is 2.50. The first-order valence-corrected chi connectivity index (χ1v) is 7.26. The van der Waals surface area contributed by atoms with E-state index in [1.54, 1.807) is 26.8 Å². The molecular weight excluding hydrogens is 338 g/mol. The fourth-order valence-electron chi connectivity index (χ4n) is 1.75. The molecule has 6 heteroatoms. The highest BCUT2D eigenvalue weighted by Gasteiger charge is 2.26. The van der Waals surface area contributed by atoms with Crippen molar-refractivity contribution in [2.24, 2.45) is 0 Å². The van der Waals surface area contributed by atoms with Crippen molar-refractivity contribution in [3.05, 3.63) is 33.8 Å². The second-order valence-electron chi connectivity index (χ2n) is 5.66. The smallest absolute Gasteiger partial charge is 0.408 e. The van der Waals surface area contributed by atoms with E-state index in [1.807, 2.05) is 19.1 Å². The number of nitrogens with one attached hydrogen (secondary N) is 1. The van der Waals surface area contributed by atoms with E-state index in [4.69, 9.17) is 9.47 Å². The zero-order chi connectivity index (χ0) is 16.2. The Morgan fingerprint density at radius 1 is 1.24 bits per heavy atom. The Balaban J connectivity index is 3.01. The zero-order valence-corrected chi connectivity index (χ0v) is 14.4. The summed E-state index contributed by atoms with van der Waals surface area (Å²) in [6, 6.07) is 4.56. The third-order valence-corrected chi connectivity index (χ3v) is 2.95. The Bertz CT molecular complexity index is 517. The van der Waals surface area contributed by atoms with Crippen molar-refractivity contribution in [1.82, 2.24) is 5.32 Å². The predicted octanol–water partition coefficient (Wildman–Crippen LogP) is 3.50. The number of ether oxygens (including phenoxy) is 2. The maximum absolute atomic E-state index is 11.9. The van der Waals surface area contributed by atoms with Crippen LogP contribution in [0.3, 0.4) is 0 Å². The lowest BCUT2D eigenvalue weighted by atomic mass is 10.0. The minimum atomic E-state index is -0.916. The highest BCUT2D eigenvalue weighted by atomic mass is 79.9. The molecule has 1 rings (SSSR count). The van der Waals surface area contributed by atoms with Gasteiger partial charge < -0.3 is 14.8 Å². The van der Waals surface area contributed by atoms with Crippen molar-refractivity contribution in [3.8, 4) is 0 Å². The van der Waals surface area contributed by atoms with Crippen LogP contribution in [0.15, 0.2) is 22.7 Å². The van der Waals surface area contributed by atoms with Crippen LogP contribution in [-0.4, -0.2) is 24.8 Å². The Morgan fingerprint density at radius 2 is 1.86 bits per heavy atom. The van der Waals surface area contributed by atoms with Crippen LogP contribution >= 0.6 is 15.9 Å². The second kappa shape index (κ2) is 6.93. The highest BCUT2D eigenvalue weighted by Crippen LogP contribution is 2.22. The molecule has 1 atom stereocenters. The van der Waals surface area contributed by atoms with Crippen molar-refractivity contribution in [3.63, 3.8) is 0 Å². The van der Waals surface area contributed by atoms with Gasteiger partial charge in [-0.2, -0.15) is 0 Å². The zero-order valence-electron chi connectivity index (χ0n) is 12.8. The van der Waals surface area contributed by atoms with E-state index < -0.39 is 23.7 Å². The fraction of sp³-hybridized carbons (Fsp3) is 0.467. The SMILES string of the molecule is COC(=O)C(NC(=O)OC(C)(C)C)c1cc(C)cc(Br)c1. The van der Waals surface area contributed by atoms with Crippen LogP contribution in [0.2, 0.25) is 0 Å². The molecule has 1 aromatic carbocycles. The average molecular weight is 358 g/mol. The molecule has 116 valence electrons. The van der Waals surface area contributed by atoms with E-state index >= 15 is 0 Å².